The average molecular weight is 179 g/mol. The highest BCUT2D eigenvalue weighted by Gasteiger charge is 2.16. The SMILES string of the molecule is FC(F)C(F)OP.O=NO. The van der Waals surface area contributed by atoms with E-state index in [1.165, 1.54) is 14.8 Å². The van der Waals surface area contributed by atoms with Crippen LogP contribution in [0.15, 0.2) is 5.34 Å². The van der Waals surface area contributed by atoms with Gasteiger partial charge < -0.3 is 9.73 Å². The van der Waals surface area contributed by atoms with Crippen LogP contribution in [0.25, 0.3) is 0 Å². The Morgan fingerprint density at radius 1 is 1.50 bits per heavy atom. The Morgan fingerprint density at radius 2 is 1.80 bits per heavy atom. The van der Waals surface area contributed by atoms with E-state index in [0.29, 0.717) is 0 Å². The molecule has 0 amide bonds. The maximum atomic E-state index is 11.3. The van der Waals surface area contributed by atoms with Gasteiger partial charge in [-0.3, -0.25) is 0 Å². The summed E-state index contributed by atoms with van der Waals surface area (Å²) in [6.07, 6.45) is -5.51. The standard InChI is InChI=1S/C2H4F3OP.HNO2/c3-1(4)2(5)6-7;2-1-3/h1-2H,7H2;(H,2,3). The molecule has 0 aromatic heterocycles. The number of halogens is 3. The highest BCUT2D eigenvalue weighted by atomic mass is 31.0. The predicted octanol–water partition coefficient (Wildman–Crippen LogP) is 1.50. The highest BCUT2D eigenvalue weighted by Crippen LogP contribution is 2.08. The van der Waals surface area contributed by atoms with Gasteiger partial charge in [0, 0.05) is 9.47 Å². The molecule has 0 fully saturated rings. The van der Waals surface area contributed by atoms with Crippen molar-refractivity contribution >= 4 is 9.47 Å². The molecule has 0 saturated carbocycles. The Labute approximate surface area is 56.6 Å². The summed E-state index contributed by atoms with van der Waals surface area (Å²) in [5.41, 5.74) is 0. The second-order valence-electron chi connectivity index (χ2n) is 0.903. The zero-order valence-corrected chi connectivity index (χ0v) is 5.73. The van der Waals surface area contributed by atoms with Gasteiger partial charge in [-0.1, -0.05) is 0 Å². The minimum Gasteiger partial charge on any atom is -0.379 e. The summed E-state index contributed by atoms with van der Waals surface area (Å²) in [4.78, 5) is 8.11. The fraction of sp³-hybridized carbons (Fsp3) is 1.00. The first-order valence-corrected chi connectivity index (χ1v) is 2.31. The van der Waals surface area contributed by atoms with Gasteiger partial charge >= 0.3 is 0 Å². The Hall–Kier alpha value is -0.420. The minimum absolute atomic E-state index is 1.25. The summed E-state index contributed by atoms with van der Waals surface area (Å²) in [5.74, 6) is 0. The van der Waals surface area contributed by atoms with Crippen molar-refractivity contribution in [2.75, 3.05) is 0 Å². The lowest BCUT2D eigenvalue weighted by Gasteiger charge is -2.00. The minimum atomic E-state index is -3.04. The Balaban J connectivity index is 0. The summed E-state index contributed by atoms with van der Waals surface area (Å²) < 4.78 is 36.6. The van der Waals surface area contributed by atoms with Crippen molar-refractivity contribution in [3.63, 3.8) is 0 Å². The molecule has 0 aliphatic heterocycles. The van der Waals surface area contributed by atoms with E-state index in [4.69, 9.17) is 10.1 Å². The summed E-state index contributed by atoms with van der Waals surface area (Å²) in [7, 11) is 1.41. The summed E-state index contributed by atoms with van der Waals surface area (Å²) >= 11 is 0. The molecule has 2 atom stereocenters. The van der Waals surface area contributed by atoms with Gasteiger partial charge in [-0.15, -0.1) is 4.91 Å². The van der Waals surface area contributed by atoms with Crippen molar-refractivity contribution in [1.82, 2.24) is 0 Å². The van der Waals surface area contributed by atoms with Crippen LogP contribution >= 0.6 is 9.47 Å². The van der Waals surface area contributed by atoms with E-state index in [1.807, 2.05) is 0 Å². The molecule has 10 heavy (non-hydrogen) atoms. The van der Waals surface area contributed by atoms with Crippen molar-refractivity contribution in [1.29, 1.82) is 0 Å². The van der Waals surface area contributed by atoms with E-state index >= 15 is 0 Å². The van der Waals surface area contributed by atoms with Gasteiger partial charge in [0.1, 0.15) is 0 Å². The van der Waals surface area contributed by atoms with Gasteiger partial charge in [-0.05, 0) is 0 Å². The molecule has 1 N–H and O–H groups in total. The molecule has 0 spiro atoms. The first kappa shape index (κ1) is 12.3. The molecule has 0 bridgehead atoms. The highest BCUT2D eigenvalue weighted by molar-refractivity contribution is 7.09. The van der Waals surface area contributed by atoms with Gasteiger partial charge in [-0.25, -0.2) is 13.2 Å². The van der Waals surface area contributed by atoms with Crippen molar-refractivity contribution < 1.29 is 22.9 Å². The quantitative estimate of drug-likeness (QED) is 0.397. The van der Waals surface area contributed by atoms with Crippen LogP contribution in [0.2, 0.25) is 0 Å². The molecule has 4 nitrogen and oxygen atoms in total. The maximum Gasteiger partial charge on any atom is 0.293 e. The third-order valence-electron chi connectivity index (χ3n) is 0.328. The van der Waals surface area contributed by atoms with Crippen LogP contribution in [0, 0.1) is 4.91 Å². The Bertz CT molecular complexity index is 84.1. The van der Waals surface area contributed by atoms with Crippen molar-refractivity contribution in [2.45, 2.75) is 12.8 Å². The van der Waals surface area contributed by atoms with Crippen molar-refractivity contribution in [3.05, 3.63) is 4.91 Å². The molecule has 0 aliphatic carbocycles. The molecule has 0 radical (unpaired) electrons. The number of hydrogen-bond acceptors (Lipinski definition) is 3. The zero-order chi connectivity index (χ0) is 8.57. The first-order chi connectivity index (χ1) is 4.59. The molecular formula is C2H5F3NO3P. The largest absolute Gasteiger partial charge is 0.379 e. The molecule has 62 valence electrons. The molecule has 0 heterocycles. The Morgan fingerprint density at radius 3 is 1.80 bits per heavy atom. The zero-order valence-electron chi connectivity index (χ0n) is 4.58. The summed E-state index contributed by atoms with van der Waals surface area (Å²) in [5, 5.41) is 7.89. The second-order valence-corrected chi connectivity index (χ2v) is 1.18. The topological polar surface area (TPSA) is 58.9 Å². The van der Waals surface area contributed by atoms with E-state index in [2.05, 4.69) is 4.52 Å². The molecule has 0 aromatic carbocycles. The number of hydrogen-bond donors (Lipinski definition) is 1. The van der Waals surface area contributed by atoms with E-state index in [9.17, 15) is 13.2 Å². The third-order valence-corrected chi connectivity index (χ3v) is 0.588. The molecule has 0 aromatic rings. The van der Waals surface area contributed by atoms with Gasteiger partial charge in [-0.2, -0.15) is 0 Å². The van der Waals surface area contributed by atoms with E-state index in [1.54, 1.807) is 0 Å². The van der Waals surface area contributed by atoms with Crippen molar-refractivity contribution in [3.8, 4) is 0 Å². The van der Waals surface area contributed by atoms with Crippen LogP contribution in [-0.4, -0.2) is 18.0 Å². The van der Waals surface area contributed by atoms with E-state index in [-0.39, 0.29) is 0 Å². The normalized spacial score (nSPS) is 11.7. The van der Waals surface area contributed by atoms with Gasteiger partial charge in [0.25, 0.3) is 12.8 Å². The number of nitrogens with zero attached hydrogens (tertiary/aromatic N) is 1. The van der Waals surface area contributed by atoms with Crippen LogP contribution in [0.4, 0.5) is 13.2 Å². The lowest BCUT2D eigenvalue weighted by atomic mass is 10.7. The van der Waals surface area contributed by atoms with Crippen LogP contribution < -0.4 is 0 Å². The van der Waals surface area contributed by atoms with E-state index < -0.39 is 12.8 Å². The summed E-state index contributed by atoms with van der Waals surface area (Å²) in [6, 6.07) is 0. The second kappa shape index (κ2) is 8.58. The number of rotatable bonds is 2. The molecule has 0 aliphatic rings. The number of alkyl halides is 3. The fourth-order valence-corrected chi connectivity index (χ4v) is 0.178. The Kier molecular flexibility index (Phi) is 10.5. The van der Waals surface area contributed by atoms with Gasteiger partial charge in [0.15, 0.2) is 5.34 Å². The molecule has 2 unspecified atom stereocenters. The lowest BCUT2D eigenvalue weighted by molar-refractivity contribution is -0.0573. The van der Waals surface area contributed by atoms with Gasteiger partial charge in [0.05, 0.1) is 0 Å². The van der Waals surface area contributed by atoms with E-state index in [0.717, 1.165) is 0 Å². The predicted molar refractivity (Wildman–Crippen MR) is 29.3 cm³/mol. The molecule has 8 heteroatoms. The molecule has 0 saturated heterocycles. The van der Waals surface area contributed by atoms with Crippen LogP contribution in [0.5, 0.6) is 0 Å². The van der Waals surface area contributed by atoms with Crippen LogP contribution in [-0.2, 0) is 4.52 Å². The fourth-order valence-electron chi connectivity index (χ4n) is 0.0594. The monoisotopic (exact) mass is 179 g/mol. The average Bonchev–Trinajstić information content (AvgIpc) is 1.88. The molecular weight excluding hydrogens is 174 g/mol. The third kappa shape index (κ3) is 10.5. The smallest absolute Gasteiger partial charge is 0.293 e. The maximum absolute atomic E-state index is 11.3. The summed E-state index contributed by atoms with van der Waals surface area (Å²) in [6.45, 7) is 0. The van der Waals surface area contributed by atoms with Gasteiger partial charge in [0.2, 0.25) is 0 Å². The first-order valence-electron chi connectivity index (χ1n) is 1.84. The molecule has 0 rings (SSSR count). The van der Waals surface area contributed by atoms with Crippen LogP contribution in [0.1, 0.15) is 0 Å². The van der Waals surface area contributed by atoms with Crippen molar-refractivity contribution in [2.24, 2.45) is 5.34 Å². The van der Waals surface area contributed by atoms with Crippen LogP contribution in [0.3, 0.4) is 0 Å². The lowest BCUT2D eigenvalue weighted by Crippen LogP contribution is -2.10.